The van der Waals surface area contributed by atoms with Gasteiger partial charge in [0.25, 0.3) is 0 Å². The van der Waals surface area contributed by atoms with E-state index in [1.54, 1.807) is 0 Å². The molecule has 25 heavy (non-hydrogen) atoms. The highest BCUT2D eigenvalue weighted by molar-refractivity contribution is 7.51. The van der Waals surface area contributed by atoms with E-state index in [1.165, 1.54) is 0 Å². The van der Waals surface area contributed by atoms with Gasteiger partial charge in [0.2, 0.25) is 0 Å². The molecule has 136 valence electrons. The van der Waals surface area contributed by atoms with E-state index in [4.69, 9.17) is 9.05 Å². The summed E-state index contributed by atoms with van der Waals surface area (Å²) >= 11 is 0. The molecule has 0 radical (unpaired) electrons. The molecular weight excluding hydrogens is 333 g/mol. The Morgan fingerprint density at radius 1 is 0.760 bits per heavy atom. The van der Waals surface area contributed by atoms with Gasteiger partial charge in [0, 0.05) is 13.1 Å². The molecule has 0 heterocycles. The van der Waals surface area contributed by atoms with Crippen molar-refractivity contribution in [2.75, 3.05) is 0 Å². The maximum atomic E-state index is 13.6. The molecule has 0 N–H and O–H groups in total. The summed E-state index contributed by atoms with van der Waals surface area (Å²) in [5.74, 6) is 0. The maximum Gasteiger partial charge on any atom is 0.409 e. The van der Waals surface area contributed by atoms with Crippen molar-refractivity contribution in [2.24, 2.45) is 0 Å². The van der Waals surface area contributed by atoms with E-state index in [1.807, 2.05) is 93.0 Å². The van der Waals surface area contributed by atoms with Crippen molar-refractivity contribution in [2.45, 2.75) is 53.0 Å². The molecule has 0 aliphatic carbocycles. The maximum absolute atomic E-state index is 13.6. The zero-order valence-corrected chi connectivity index (χ0v) is 16.4. The SMILES string of the molecule is CC(C)OP(=O)(OC(C)C)N(Cc1ccccc1)Cc1ccccc1. The quantitative estimate of drug-likeness (QED) is 0.541. The molecule has 0 amide bonds. The van der Waals surface area contributed by atoms with E-state index in [0.29, 0.717) is 13.1 Å². The third-order valence-corrected chi connectivity index (χ3v) is 5.80. The first-order valence-corrected chi connectivity index (χ1v) is 10.2. The number of nitrogens with zero attached hydrogens (tertiary/aromatic N) is 1. The van der Waals surface area contributed by atoms with Crippen molar-refractivity contribution in [3.63, 3.8) is 0 Å². The van der Waals surface area contributed by atoms with Crippen LogP contribution in [0.2, 0.25) is 0 Å². The Balaban J connectivity index is 2.33. The van der Waals surface area contributed by atoms with Crippen molar-refractivity contribution in [1.82, 2.24) is 4.67 Å². The van der Waals surface area contributed by atoms with Crippen LogP contribution in [0.4, 0.5) is 0 Å². The second kappa shape index (κ2) is 9.30. The van der Waals surface area contributed by atoms with E-state index in [9.17, 15) is 4.57 Å². The summed E-state index contributed by atoms with van der Waals surface area (Å²) < 4.78 is 27.1. The third-order valence-electron chi connectivity index (χ3n) is 3.45. The lowest BCUT2D eigenvalue weighted by Gasteiger charge is -2.32. The number of benzene rings is 2. The Labute approximate surface area is 151 Å². The molecule has 0 spiro atoms. The number of hydrogen-bond donors (Lipinski definition) is 0. The molecule has 0 unspecified atom stereocenters. The van der Waals surface area contributed by atoms with Crippen LogP contribution in [-0.2, 0) is 26.7 Å². The molecule has 2 aromatic rings. The second-order valence-electron chi connectivity index (χ2n) is 6.57. The van der Waals surface area contributed by atoms with Crippen molar-refractivity contribution in [3.8, 4) is 0 Å². The average molecular weight is 361 g/mol. The first kappa shape index (κ1) is 19.9. The highest BCUT2D eigenvalue weighted by atomic mass is 31.2. The smallest absolute Gasteiger partial charge is 0.294 e. The lowest BCUT2D eigenvalue weighted by atomic mass is 10.2. The van der Waals surface area contributed by atoms with E-state index < -0.39 is 7.75 Å². The molecular formula is C20H28NO3P. The van der Waals surface area contributed by atoms with Gasteiger partial charge in [-0.3, -0.25) is 9.05 Å². The molecule has 0 bridgehead atoms. The van der Waals surface area contributed by atoms with Gasteiger partial charge in [-0.2, -0.15) is 4.67 Å². The average Bonchev–Trinajstić information content (AvgIpc) is 2.54. The summed E-state index contributed by atoms with van der Waals surface area (Å²) in [7, 11) is -3.44. The fraction of sp³-hybridized carbons (Fsp3) is 0.400. The molecule has 5 heteroatoms. The molecule has 0 fully saturated rings. The standard InChI is InChI=1S/C20H28NO3P/c1-17(2)23-25(22,24-18(3)4)21(15-19-11-7-5-8-12-19)16-20-13-9-6-10-14-20/h5-14,17-18H,15-16H2,1-4H3. The minimum Gasteiger partial charge on any atom is -0.294 e. The fourth-order valence-corrected chi connectivity index (χ4v) is 4.56. The summed E-state index contributed by atoms with van der Waals surface area (Å²) in [4.78, 5) is 0. The molecule has 0 saturated heterocycles. The van der Waals surface area contributed by atoms with Crippen molar-refractivity contribution >= 4 is 7.75 Å². The first-order valence-electron chi connectivity index (χ1n) is 8.69. The van der Waals surface area contributed by atoms with Crippen molar-refractivity contribution in [3.05, 3.63) is 71.8 Å². The summed E-state index contributed by atoms with van der Waals surface area (Å²) in [5, 5.41) is 0. The first-order chi connectivity index (χ1) is 11.9. The van der Waals surface area contributed by atoms with Crippen LogP contribution in [0.25, 0.3) is 0 Å². The van der Waals surface area contributed by atoms with Gasteiger partial charge in [0.1, 0.15) is 0 Å². The van der Waals surface area contributed by atoms with Gasteiger partial charge in [0.15, 0.2) is 0 Å². The summed E-state index contributed by atoms with van der Waals surface area (Å²) in [5.41, 5.74) is 2.14. The van der Waals surface area contributed by atoms with Gasteiger partial charge >= 0.3 is 7.75 Å². The van der Waals surface area contributed by atoms with Crippen LogP contribution in [0.1, 0.15) is 38.8 Å². The molecule has 0 aromatic heterocycles. The predicted molar refractivity (Wildman–Crippen MR) is 102 cm³/mol. The summed E-state index contributed by atoms with van der Waals surface area (Å²) in [6, 6.07) is 19.9. The van der Waals surface area contributed by atoms with Gasteiger partial charge in [-0.1, -0.05) is 60.7 Å². The Hall–Kier alpha value is -1.45. The Morgan fingerprint density at radius 3 is 1.44 bits per heavy atom. The highest BCUT2D eigenvalue weighted by Crippen LogP contribution is 2.55. The number of hydrogen-bond acceptors (Lipinski definition) is 3. The molecule has 0 atom stereocenters. The van der Waals surface area contributed by atoms with Crippen LogP contribution in [-0.4, -0.2) is 16.9 Å². The van der Waals surface area contributed by atoms with Crippen LogP contribution >= 0.6 is 7.75 Å². The normalized spacial score (nSPS) is 12.3. The molecule has 2 rings (SSSR count). The monoisotopic (exact) mass is 361 g/mol. The van der Waals surface area contributed by atoms with Crippen LogP contribution in [0.5, 0.6) is 0 Å². The Bertz CT molecular complexity index is 618. The van der Waals surface area contributed by atoms with Gasteiger partial charge in [-0.15, -0.1) is 0 Å². The van der Waals surface area contributed by atoms with E-state index in [0.717, 1.165) is 11.1 Å². The summed E-state index contributed by atoms with van der Waals surface area (Å²) in [6.07, 6.45) is -0.391. The van der Waals surface area contributed by atoms with E-state index in [2.05, 4.69) is 0 Å². The molecule has 0 aliphatic rings. The highest BCUT2D eigenvalue weighted by Gasteiger charge is 2.36. The van der Waals surface area contributed by atoms with Gasteiger partial charge < -0.3 is 0 Å². The summed E-state index contributed by atoms with van der Waals surface area (Å²) in [6.45, 7) is 8.48. The molecule has 0 aliphatic heterocycles. The largest absolute Gasteiger partial charge is 0.409 e. The van der Waals surface area contributed by atoms with Gasteiger partial charge in [-0.05, 0) is 38.8 Å². The lowest BCUT2D eigenvalue weighted by Crippen LogP contribution is -2.25. The lowest BCUT2D eigenvalue weighted by molar-refractivity contribution is 0.102. The van der Waals surface area contributed by atoms with Crippen LogP contribution in [0.3, 0.4) is 0 Å². The molecule has 2 aromatic carbocycles. The zero-order valence-electron chi connectivity index (χ0n) is 15.5. The van der Waals surface area contributed by atoms with Crippen molar-refractivity contribution in [1.29, 1.82) is 0 Å². The molecule has 0 saturated carbocycles. The fourth-order valence-electron chi connectivity index (χ4n) is 2.51. The van der Waals surface area contributed by atoms with Crippen LogP contribution in [0, 0.1) is 0 Å². The Kier molecular flexibility index (Phi) is 7.39. The third kappa shape index (κ3) is 6.41. The van der Waals surface area contributed by atoms with Crippen LogP contribution < -0.4 is 0 Å². The topological polar surface area (TPSA) is 38.8 Å². The Morgan fingerprint density at radius 2 is 1.12 bits per heavy atom. The van der Waals surface area contributed by atoms with Crippen molar-refractivity contribution < 1.29 is 13.6 Å². The van der Waals surface area contributed by atoms with E-state index in [-0.39, 0.29) is 12.2 Å². The predicted octanol–water partition coefficient (Wildman–Crippen LogP) is 5.65. The molecule has 4 nitrogen and oxygen atoms in total. The number of rotatable bonds is 9. The van der Waals surface area contributed by atoms with Gasteiger partial charge in [-0.25, -0.2) is 4.57 Å². The minimum absolute atomic E-state index is 0.196. The van der Waals surface area contributed by atoms with Crippen LogP contribution in [0.15, 0.2) is 60.7 Å². The minimum atomic E-state index is -3.44. The van der Waals surface area contributed by atoms with E-state index >= 15 is 0 Å². The second-order valence-corrected chi connectivity index (χ2v) is 8.50. The van der Waals surface area contributed by atoms with Gasteiger partial charge in [0.05, 0.1) is 12.2 Å². The zero-order chi connectivity index (χ0) is 18.3.